The molecule has 0 aromatic heterocycles. The number of carbonyl (C=O) groups is 4. The second-order valence-corrected chi connectivity index (χ2v) is 9.12. The highest BCUT2D eigenvalue weighted by Gasteiger charge is 2.11. The van der Waals surface area contributed by atoms with Gasteiger partial charge in [-0.1, -0.05) is 31.0 Å². The number of hydrogen-bond acceptors (Lipinski definition) is 7. The van der Waals surface area contributed by atoms with Crippen LogP contribution in [0, 0.1) is 6.92 Å². The maximum atomic E-state index is 12.2. The van der Waals surface area contributed by atoms with E-state index in [-0.39, 0.29) is 25.2 Å². The number of anilines is 2. The lowest BCUT2D eigenvalue weighted by Gasteiger charge is -2.09. The Bertz CT molecular complexity index is 1270. The van der Waals surface area contributed by atoms with Crippen LogP contribution in [0.3, 0.4) is 0 Å². The van der Waals surface area contributed by atoms with Crippen LogP contribution >= 0.6 is 0 Å². The van der Waals surface area contributed by atoms with Crippen molar-refractivity contribution in [3.05, 3.63) is 83.9 Å². The Morgan fingerprint density at radius 1 is 0.675 bits per heavy atom. The second kappa shape index (κ2) is 15.7. The highest BCUT2D eigenvalue weighted by molar-refractivity contribution is 5.94. The Kier molecular flexibility index (Phi) is 11.7. The number of unbranched alkanes of at least 4 members (excludes halogenated alkanes) is 1. The highest BCUT2D eigenvalue weighted by Crippen LogP contribution is 2.23. The Morgan fingerprint density at radius 3 is 1.88 bits per heavy atom. The summed E-state index contributed by atoms with van der Waals surface area (Å²) in [6.07, 6.45) is 2.12. The van der Waals surface area contributed by atoms with E-state index in [1.807, 2.05) is 38.1 Å². The fraction of sp³-hybridized carbons (Fsp3) is 0.290. The molecule has 0 radical (unpaired) electrons. The summed E-state index contributed by atoms with van der Waals surface area (Å²) in [4.78, 5) is 48.2. The van der Waals surface area contributed by atoms with Crippen molar-refractivity contribution in [2.75, 3.05) is 23.8 Å². The lowest BCUT2D eigenvalue weighted by atomic mass is 10.2. The maximum Gasteiger partial charge on any atom is 0.338 e. The van der Waals surface area contributed by atoms with E-state index in [9.17, 15) is 19.2 Å². The van der Waals surface area contributed by atoms with E-state index < -0.39 is 24.5 Å². The second-order valence-electron chi connectivity index (χ2n) is 9.12. The van der Waals surface area contributed by atoms with E-state index in [0.717, 1.165) is 24.2 Å². The van der Waals surface area contributed by atoms with Crippen molar-refractivity contribution in [3.8, 4) is 11.5 Å². The predicted molar refractivity (Wildman–Crippen MR) is 151 cm³/mol. The molecule has 9 heteroatoms. The Hall–Kier alpha value is -4.66. The summed E-state index contributed by atoms with van der Waals surface area (Å²) < 4.78 is 15.9. The molecule has 2 N–H and O–H groups in total. The first kappa shape index (κ1) is 29.9. The number of amides is 2. The minimum atomic E-state index is -0.578. The first-order valence-electron chi connectivity index (χ1n) is 13.2. The molecule has 0 bridgehead atoms. The lowest BCUT2D eigenvalue weighted by molar-refractivity contribution is -0.147. The molecule has 3 rings (SSSR count). The largest absolute Gasteiger partial charge is 0.462 e. The third-order valence-corrected chi connectivity index (χ3v) is 5.68. The number of benzene rings is 3. The number of nitrogens with one attached hydrogen (secondary N) is 2. The summed E-state index contributed by atoms with van der Waals surface area (Å²) in [5.74, 6) is -0.383. The standard InChI is InChI=1S/C31H34N2O7/c1-3-4-20-38-31(37)23-10-12-24(13-11-23)33-29(35)21-39-30(36)7-5-6-28(34)32-25-14-18-27(19-15-25)40-26-16-8-22(2)9-17-26/h8-19H,3-7,20-21H2,1-2H3,(H,32,34)(H,33,35). The topological polar surface area (TPSA) is 120 Å². The maximum absolute atomic E-state index is 12.2. The van der Waals surface area contributed by atoms with Crippen molar-refractivity contribution in [2.24, 2.45) is 0 Å². The van der Waals surface area contributed by atoms with Crippen LogP contribution in [-0.4, -0.2) is 37.0 Å². The number of hydrogen-bond donors (Lipinski definition) is 2. The van der Waals surface area contributed by atoms with Crippen LogP contribution in [0.5, 0.6) is 11.5 Å². The zero-order valence-electron chi connectivity index (χ0n) is 22.7. The molecule has 40 heavy (non-hydrogen) atoms. The minimum absolute atomic E-state index is 0.00112. The molecule has 9 nitrogen and oxygen atoms in total. The molecule has 0 fully saturated rings. The van der Waals surface area contributed by atoms with Crippen LogP contribution in [0.2, 0.25) is 0 Å². The molecule has 0 saturated heterocycles. The van der Waals surface area contributed by atoms with Gasteiger partial charge in [-0.2, -0.15) is 0 Å². The van der Waals surface area contributed by atoms with Crippen LogP contribution in [0.1, 0.15) is 54.9 Å². The monoisotopic (exact) mass is 546 g/mol. The predicted octanol–water partition coefficient (Wildman–Crippen LogP) is 6.03. The average Bonchev–Trinajstić information content (AvgIpc) is 2.94. The van der Waals surface area contributed by atoms with E-state index in [4.69, 9.17) is 14.2 Å². The van der Waals surface area contributed by atoms with Gasteiger partial charge in [0.25, 0.3) is 5.91 Å². The summed E-state index contributed by atoms with van der Waals surface area (Å²) in [5, 5.41) is 5.37. The van der Waals surface area contributed by atoms with Gasteiger partial charge in [-0.05, 0) is 80.4 Å². The normalized spacial score (nSPS) is 10.3. The van der Waals surface area contributed by atoms with Crippen LogP contribution in [0.25, 0.3) is 0 Å². The number of ether oxygens (including phenoxy) is 3. The number of rotatable bonds is 14. The molecule has 210 valence electrons. The van der Waals surface area contributed by atoms with E-state index >= 15 is 0 Å². The molecular formula is C31H34N2O7. The SMILES string of the molecule is CCCCOC(=O)c1ccc(NC(=O)COC(=O)CCCC(=O)Nc2ccc(Oc3ccc(C)cc3)cc2)cc1. The van der Waals surface area contributed by atoms with Gasteiger partial charge < -0.3 is 24.8 Å². The quantitative estimate of drug-likeness (QED) is 0.187. The van der Waals surface area contributed by atoms with Gasteiger partial charge >= 0.3 is 11.9 Å². The molecule has 0 spiro atoms. The van der Waals surface area contributed by atoms with E-state index in [1.165, 1.54) is 0 Å². The molecule has 2 amide bonds. The molecule has 0 aliphatic rings. The lowest BCUT2D eigenvalue weighted by Crippen LogP contribution is -2.21. The Balaban J connectivity index is 1.30. The third-order valence-electron chi connectivity index (χ3n) is 5.68. The molecule has 0 heterocycles. The molecular weight excluding hydrogens is 512 g/mol. The number of aryl methyl sites for hydroxylation is 1. The molecule has 0 unspecified atom stereocenters. The smallest absolute Gasteiger partial charge is 0.338 e. The van der Waals surface area contributed by atoms with Gasteiger partial charge in [-0.25, -0.2) is 4.79 Å². The molecule has 0 aliphatic carbocycles. The fourth-order valence-electron chi connectivity index (χ4n) is 3.46. The van der Waals surface area contributed by atoms with Crippen molar-refractivity contribution in [1.82, 2.24) is 0 Å². The summed E-state index contributed by atoms with van der Waals surface area (Å²) in [6.45, 7) is 3.92. The van der Waals surface area contributed by atoms with Gasteiger partial charge in [0.1, 0.15) is 11.5 Å². The van der Waals surface area contributed by atoms with Gasteiger partial charge in [0.15, 0.2) is 6.61 Å². The number of carbonyl (C=O) groups excluding carboxylic acids is 4. The number of esters is 2. The van der Waals surface area contributed by atoms with Crippen molar-refractivity contribution in [2.45, 2.75) is 46.0 Å². The molecule has 3 aromatic rings. The van der Waals surface area contributed by atoms with Crippen molar-refractivity contribution in [1.29, 1.82) is 0 Å². The summed E-state index contributed by atoms with van der Waals surface area (Å²) >= 11 is 0. The fourth-order valence-corrected chi connectivity index (χ4v) is 3.46. The van der Waals surface area contributed by atoms with Gasteiger partial charge in [0.05, 0.1) is 12.2 Å². The summed E-state index contributed by atoms with van der Waals surface area (Å²) in [6, 6.07) is 20.9. The Labute approximate surface area is 233 Å². The van der Waals surface area contributed by atoms with E-state index in [2.05, 4.69) is 10.6 Å². The van der Waals surface area contributed by atoms with Crippen molar-refractivity contribution < 1.29 is 33.4 Å². The summed E-state index contributed by atoms with van der Waals surface area (Å²) in [7, 11) is 0. The van der Waals surface area contributed by atoms with E-state index in [1.54, 1.807) is 48.5 Å². The van der Waals surface area contributed by atoms with Crippen LogP contribution in [0.4, 0.5) is 11.4 Å². The van der Waals surface area contributed by atoms with Gasteiger partial charge in [0, 0.05) is 24.2 Å². The van der Waals surface area contributed by atoms with Crippen LogP contribution in [-0.2, 0) is 23.9 Å². The van der Waals surface area contributed by atoms with Crippen LogP contribution < -0.4 is 15.4 Å². The zero-order chi connectivity index (χ0) is 28.7. The first-order chi connectivity index (χ1) is 19.3. The Morgan fingerprint density at radius 2 is 1.25 bits per heavy atom. The van der Waals surface area contributed by atoms with Crippen LogP contribution in [0.15, 0.2) is 72.8 Å². The van der Waals surface area contributed by atoms with Gasteiger partial charge in [-0.3, -0.25) is 14.4 Å². The molecule has 0 saturated carbocycles. The zero-order valence-corrected chi connectivity index (χ0v) is 22.7. The van der Waals surface area contributed by atoms with E-state index in [0.29, 0.717) is 29.3 Å². The molecule has 3 aromatic carbocycles. The molecule has 0 aliphatic heterocycles. The van der Waals surface area contributed by atoms with Gasteiger partial charge in [-0.15, -0.1) is 0 Å². The highest BCUT2D eigenvalue weighted by atomic mass is 16.5. The average molecular weight is 547 g/mol. The first-order valence-corrected chi connectivity index (χ1v) is 13.2. The summed E-state index contributed by atoms with van der Waals surface area (Å²) in [5.41, 5.74) is 2.60. The van der Waals surface area contributed by atoms with Crippen molar-refractivity contribution >= 4 is 35.1 Å². The van der Waals surface area contributed by atoms with Gasteiger partial charge in [0.2, 0.25) is 5.91 Å². The third kappa shape index (κ3) is 10.6. The molecule has 0 atom stereocenters. The van der Waals surface area contributed by atoms with Crippen molar-refractivity contribution in [3.63, 3.8) is 0 Å². The minimum Gasteiger partial charge on any atom is -0.462 e.